The maximum absolute atomic E-state index is 3.48. The van der Waals surface area contributed by atoms with E-state index in [-0.39, 0.29) is 0 Å². The van der Waals surface area contributed by atoms with Crippen LogP contribution in [0.3, 0.4) is 0 Å². The Hall–Kier alpha value is -0.200. The van der Waals surface area contributed by atoms with Gasteiger partial charge >= 0.3 is 0 Å². The zero-order valence-electron chi connectivity index (χ0n) is 27.7. The molecule has 4 saturated carbocycles. The third-order valence-corrected chi connectivity index (χ3v) is 14.0. The minimum absolute atomic E-state index is 0.790. The van der Waals surface area contributed by atoms with Crippen molar-refractivity contribution in [2.45, 2.75) is 135 Å². The van der Waals surface area contributed by atoms with Crippen LogP contribution >= 0.6 is 0 Å². The summed E-state index contributed by atoms with van der Waals surface area (Å²) in [6, 6.07) is 0. The SMILES string of the molecule is C1CC2(C1)CCNC2.C1CC2(C1)CCNCC2.C1CC2(C1)CNC2.C1CC2CCN(C1)CC2.C1CNCC2(C1)CCC2. The van der Waals surface area contributed by atoms with E-state index in [0.717, 1.165) is 27.6 Å². The average molecular weight is 584 g/mol. The summed E-state index contributed by atoms with van der Waals surface area (Å²) in [4.78, 5) is 2.61. The second-order valence-electron chi connectivity index (χ2n) is 16.9. The number of hydrogen-bond donors (Lipinski definition) is 4. The third kappa shape index (κ3) is 8.33. The van der Waals surface area contributed by atoms with Crippen molar-refractivity contribution in [3.8, 4) is 0 Å². The average Bonchev–Trinajstić information content (AvgIpc) is 3.22. The molecule has 0 amide bonds. The Kier molecular flexibility index (Phi) is 11.3. The predicted octanol–water partition coefficient (Wildman–Crippen LogP) is 6.48. The summed E-state index contributed by atoms with van der Waals surface area (Å²) < 4.78 is 0. The van der Waals surface area contributed by atoms with Gasteiger partial charge < -0.3 is 26.2 Å². The van der Waals surface area contributed by atoms with Crippen molar-refractivity contribution in [1.29, 1.82) is 0 Å². The molecule has 242 valence electrons. The van der Waals surface area contributed by atoms with Crippen LogP contribution in [0.2, 0.25) is 0 Å². The molecule has 4 aliphatic carbocycles. The molecule has 0 unspecified atom stereocenters. The fourth-order valence-electron chi connectivity index (χ4n) is 9.78. The highest BCUT2D eigenvalue weighted by molar-refractivity contribution is 4.98. The van der Waals surface area contributed by atoms with Crippen LogP contribution in [0.25, 0.3) is 0 Å². The molecule has 0 radical (unpaired) electrons. The minimum atomic E-state index is 0.790. The van der Waals surface area contributed by atoms with Gasteiger partial charge in [-0.15, -0.1) is 0 Å². The highest BCUT2D eigenvalue weighted by Gasteiger charge is 2.42. The van der Waals surface area contributed by atoms with E-state index in [1.807, 2.05) is 0 Å². The zero-order chi connectivity index (χ0) is 28.6. The van der Waals surface area contributed by atoms with Gasteiger partial charge in [-0.1, -0.05) is 25.7 Å². The number of hydrogen-bond acceptors (Lipinski definition) is 5. The fourth-order valence-corrected chi connectivity index (χ4v) is 9.78. The van der Waals surface area contributed by atoms with Gasteiger partial charge in [-0.05, 0) is 183 Å². The molecule has 5 nitrogen and oxygen atoms in total. The first kappa shape index (κ1) is 31.8. The second kappa shape index (κ2) is 14.9. The van der Waals surface area contributed by atoms with Crippen molar-refractivity contribution in [1.82, 2.24) is 26.2 Å². The van der Waals surface area contributed by atoms with Crippen molar-refractivity contribution in [3.05, 3.63) is 0 Å². The third-order valence-electron chi connectivity index (χ3n) is 14.0. The quantitative estimate of drug-likeness (QED) is 0.263. The molecule has 0 aromatic rings. The van der Waals surface area contributed by atoms with Gasteiger partial charge in [0.25, 0.3) is 0 Å². The van der Waals surface area contributed by atoms with E-state index in [1.165, 1.54) is 207 Å². The lowest BCUT2D eigenvalue weighted by molar-refractivity contribution is 0.0603. The van der Waals surface area contributed by atoms with Crippen molar-refractivity contribution < 1.29 is 0 Å². The monoisotopic (exact) mass is 584 g/mol. The molecule has 7 saturated heterocycles. The smallest absolute Gasteiger partial charge is 0.00202 e. The van der Waals surface area contributed by atoms with Crippen LogP contribution in [-0.4, -0.2) is 76.9 Å². The summed E-state index contributed by atoms with van der Waals surface area (Å²) in [7, 11) is 0. The van der Waals surface area contributed by atoms with Crippen molar-refractivity contribution in [2.75, 3.05) is 72.0 Å². The Labute approximate surface area is 260 Å². The summed E-state index contributed by atoms with van der Waals surface area (Å²) in [5.74, 6) is 1.10. The van der Waals surface area contributed by atoms with E-state index in [1.54, 1.807) is 0 Å². The van der Waals surface area contributed by atoms with Gasteiger partial charge in [0.1, 0.15) is 0 Å². The molecule has 7 heterocycles. The molecule has 0 aromatic heterocycles. The van der Waals surface area contributed by atoms with E-state index in [2.05, 4.69) is 26.2 Å². The van der Waals surface area contributed by atoms with Gasteiger partial charge in [-0.3, -0.25) is 0 Å². The van der Waals surface area contributed by atoms with Gasteiger partial charge in [0, 0.05) is 26.2 Å². The van der Waals surface area contributed by atoms with Crippen LogP contribution < -0.4 is 21.3 Å². The number of fused-ring (bicyclic) bond motifs is 4. The Morgan fingerprint density at radius 2 is 0.833 bits per heavy atom. The van der Waals surface area contributed by atoms with Gasteiger partial charge in [-0.25, -0.2) is 0 Å². The number of rotatable bonds is 0. The normalized spacial score (nSPS) is 34.9. The fraction of sp³-hybridized carbons (Fsp3) is 1.00. The van der Waals surface area contributed by atoms with E-state index in [4.69, 9.17) is 0 Å². The Bertz CT molecular complexity index is 699. The van der Waals surface area contributed by atoms with Crippen LogP contribution in [0.5, 0.6) is 0 Å². The Morgan fingerprint density at radius 3 is 1.19 bits per heavy atom. The second-order valence-corrected chi connectivity index (χ2v) is 16.9. The molecule has 42 heavy (non-hydrogen) atoms. The molecule has 4 spiro atoms. The number of piperidine rings is 3. The van der Waals surface area contributed by atoms with Crippen LogP contribution in [0, 0.1) is 27.6 Å². The largest absolute Gasteiger partial charge is 0.317 e. The molecular formula is C37H69N5. The Balaban J connectivity index is 0.0000000942. The van der Waals surface area contributed by atoms with Gasteiger partial charge in [0.2, 0.25) is 0 Å². The van der Waals surface area contributed by atoms with Crippen molar-refractivity contribution >= 4 is 0 Å². The Morgan fingerprint density at radius 1 is 0.357 bits per heavy atom. The lowest BCUT2D eigenvalue weighted by Crippen LogP contribution is -2.57. The maximum atomic E-state index is 3.48. The summed E-state index contributed by atoms with van der Waals surface area (Å²) in [6.07, 6.45) is 31.2. The van der Waals surface area contributed by atoms with Crippen LogP contribution in [-0.2, 0) is 0 Å². The van der Waals surface area contributed by atoms with Gasteiger partial charge in [0.15, 0.2) is 0 Å². The number of nitrogens with one attached hydrogen (secondary N) is 4. The molecule has 0 aromatic carbocycles. The summed E-state index contributed by atoms with van der Waals surface area (Å²) in [6.45, 7) is 14.5. The molecular weight excluding hydrogens is 514 g/mol. The minimum Gasteiger partial charge on any atom is -0.317 e. The first-order valence-corrected chi connectivity index (χ1v) is 19.2. The molecule has 4 N–H and O–H groups in total. The lowest BCUT2D eigenvalue weighted by atomic mass is 9.63. The van der Waals surface area contributed by atoms with Crippen LogP contribution in [0.15, 0.2) is 0 Å². The molecule has 0 atom stereocenters. The standard InChI is InChI=1S/3C8H15N.C7H13N.C6H11N/c1-3-8(4-1)5-2-6-9-7-8;1-2-8-3-6-9(5-1)7-4-8;1-2-8(3-1)4-6-9-7-5-8;1-2-7(3-1)4-5-8-6-7;1-2-6(3-1)4-7-5-6/h9H,1-7H2;8H,1-7H2;9H,1-7H2;8H,1-6H2;7H,1-5H2. The van der Waals surface area contributed by atoms with E-state index < -0.39 is 0 Å². The zero-order valence-corrected chi connectivity index (χ0v) is 27.7. The molecule has 11 fully saturated rings. The highest BCUT2D eigenvalue weighted by atomic mass is 15.1. The lowest BCUT2D eigenvalue weighted by Gasteiger charge is -2.49. The molecule has 11 aliphatic rings. The molecule has 5 heteroatoms. The molecule has 7 aliphatic heterocycles. The topological polar surface area (TPSA) is 51.4 Å². The maximum Gasteiger partial charge on any atom is 0.00202 e. The van der Waals surface area contributed by atoms with E-state index in [0.29, 0.717) is 0 Å². The van der Waals surface area contributed by atoms with Crippen LogP contribution in [0.4, 0.5) is 0 Å². The van der Waals surface area contributed by atoms with Gasteiger partial charge in [-0.2, -0.15) is 0 Å². The van der Waals surface area contributed by atoms with Gasteiger partial charge in [0.05, 0.1) is 0 Å². The highest BCUT2D eigenvalue weighted by Crippen LogP contribution is 2.48. The van der Waals surface area contributed by atoms with E-state index >= 15 is 0 Å². The number of nitrogens with zero attached hydrogens (tertiary/aromatic N) is 1. The predicted molar refractivity (Wildman–Crippen MR) is 178 cm³/mol. The summed E-state index contributed by atoms with van der Waals surface area (Å²) in [5.41, 5.74) is 3.27. The first-order valence-electron chi connectivity index (χ1n) is 19.2. The van der Waals surface area contributed by atoms with Crippen LogP contribution in [0.1, 0.15) is 135 Å². The van der Waals surface area contributed by atoms with E-state index in [9.17, 15) is 0 Å². The van der Waals surface area contributed by atoms with Crippen molar-refractivity contribution in [3.63, 3.8) is 0 Å². The molecule has 11 rings (SSSR count). The first-order chi connectivity index (χ1) is 20.6. The molecule has 2 bridgehead atoms. The summed E-state index contributed by atoms with van der Waals surface area (Å²) >= 11 is 0. The van der Waals surface area contributed by atoms with Crippen molar-refractivity contribution in [2.24, 2.45) is 27.6 Å². The summed E-state index contributed by atoms with van der Waals surface area (Å²) in [5, 5.41) is 13.6.